The van der Waals surface area contributed by atoms with Gasteiger partial charge in [0.1, 0.15) is 5.75 Å². The van der Waals surface area contributed by atoms with Crippen molar-refractivity contribution >= 4 is 21.6 Å². The summed E-state index contributed by atoms with van der Waals surface area (Å²) in [7, 11) is -3.51. The normalized spacial score (nSPS) is 11.6. The standard InChI is InChI=1S/C20H26N2O4S/c1-5-22(6-2)27(24,25)19-13-9-17(10-14-19)21-20(23)16-7-11-18(12-8-16)26-15(3)4/h7-15H,5-6H2,1-4H3,(H,21,23). The van der Waals surface area contributed by atoms with Gasteiger partial charge in [0.15, 0.2) is 0 Å². The number of carbonyl (C=O) groups excluding carboxylic acids is 1. The van der Waals surface area contributed by atoms with Crippen LogP contribution in [-0.2, 0) is 10.0 Å². The Bertz CT molecular complexity index is 856. The Morgan fingerprint density at radius 3 is 2.04 bits per heavy atom. The smallest absolute Gasteiger partial charge is 0.255 e. The molecule has 1 N–H and O–H groups in total. The molecule has 0 unspecified atom stereocenters. The molecule has 0 spiro atoms. The van der Waals surface area contributed by atoms with Crippen molar-refractivity contribution in [1.29, 1.82) is 0 Å². The number of rotatable bonds is 8. The Kier molecular flexibility index (Phi) is 6.98. The Labute approximate surface area is 161 Å². The Morgan fingerprint density at radius 1 is 1.00 bits per heavy atom. The zero-order chi connectivity index (χ0) is 20.0. The van der Waals surface area contributed by atoms with Gasteiger partial charge in [-0.2, -0.15) is 4.31 Å². The van der Waals surface area contributed by atoms with Crippen LogP contribution in [0.3, 0.4) is 0 Å². The molecule has 2 rings (SSSR count). The number of hydrogen-bond acceptors (Lipinski definition) is 4. The summed E-state index contributed by atoms with van der Waals surface area (Å²) in [4.78, 5) is 12.6. The average Bonchev–Trinajstić information content (AvgIpc) is 2.63. The summed E-state index contributed by atoms with van der Waals surface area (Å²) in [6, 6.07) is 13.0. The summed E-state index contributed by atoms with van der Waals surface area (Å²) in [6.45, 7) is 8.29. The Morgan fingerprint density at radius 2 is 1.56 bits per heavy atom. The van der Waals surface area contributed by atoms with Crippen LogP contribution in [0.2, 0.25) is 0 Å². The lowest BCUT2D eigenvalue weighted by Gasteiger charge is -2.18. The fraction of sp³-hybridized carbons (Fsp3) is 0.350. The summed E-state index contributed by atoms with van der Waals surface area (Å²) in [5.74, 6) is 0.429. The molecule has 0 radical (unpaired) electrons. The number of sulfonamides is 1. The van der Waals surface area contributed by atoms with E-state index in [9.17, 15) is 13.2 Å². The molecule has 2 aromatic carbocycles. The monoisotopic (exact) mass is 390 g/mol. The number of hydrogen-bond donors (Lipinski definition) is 1. The fourth-order valence-corrected chi connectivity index (χ4v) is 4.04. The average molecular weight is 391 g/mol. The summed E-state index contributed by atoms with van der Waals surface area (Å²) >= 11 is 0. The molecule has 7 heteroatoms. The molecule has 0 aliphatic rings. The van der Waals surface area contributed by atoms with Gasteiger partial charge in [0.05, 0.1) is 11.0 Å². The van der Waals surface area contributed by atoms with E-state index in [-0.39, 0.29) is 16.9 Å². The van der Waals surface area contributed by atoms with E-state index >= 15 is 0 Å². The maximum atomic E-state index is 12.5. The molecule has 146 valence electrons. The van der Waals surface area contributed by atoms with Gasteiger partial charge in [0.25, 0.3) is 5.91 Å². The predicted molar refractivity (Wildman–Crippen MR) is 107 cm³/mol. The van der Waals surface area contributed by atoms with E-state index in [4.69, 9.17) is 4.74 Å². The fourth-order valence-electron chi connectivity index (χ4n) is 2.58. The molecule has 6 nitrogen and oxygen atoms in total. The molecule has 0 aliphatic heterocycles. The van der Waals surface area contributed by atoms with E-state index in [1.165, 1.54) is 16.4 Å². The molecule has 0 atom stereocenters. The van der Waals surface area contributed by atoms with Gasteiger partial charge in [0, 0.05) is 24.3 Å². The van der Waals surface area contributed by atoms with Crippen molar-refractivity contribution in [3.63, 3.8) is 0 Å². The predicted octanol–water partition coefficient (Wildman–Crippen LogP) is 3.76. The zero-order valence-electron chi connectivity index (χ0n) is 16.1. The first-order chi connectivity index (χ1) is 12.8. The number of nitrogens with one attached hydrogen (secondary N) is 1. The van der Waals surface area contributed by atoms with Crippen LogP contribution in [0.15, 0.2) is 53.4 Å². The van der Waals surface area contributed by atoms with E-state index < -0.39 is 10.0 Å². The van der Waals surface area contributed by atoms with Crippen molar-refractivity contribution in [2.45, 2.75) is 38.7 Å². The van der Waals surface area contributed by atoms with Crippen LogP contribution in [0.5, 0.6) is 5.75 Å². The van der Waals surface area contributed by atoms with Gasteiger partial charge in [-0.3, -0.25) is 4.79 Å². The lowest BCUT2D eigenvalue weighted by Crippen LogP contribution is -2.30. The topological polar surface area (TPSA) is 75.7 Å². The highest BCUT2D eigenvalue weighted by molar-refractivity contribution is 7.89. The van der Waals surface area contributed by atoms with Crippen molar-refractivity contribution in [2.24, 2.45) is 0 Å². The molecule has 0 aromatic heterocycles. The van der Waals surface area contributed by atoms with Gasteiger partial charge >= 0.3 is 0 Å². The molecule has 0 fully saturated rings. The number of anilines is 1. The number of benzene rings is 2. The van der Waals surface area contributed by atoms with Gasteiger partial charge in [0.2, 0.25) is 10.0 Å². The van der Waals surface area contributed by atoms with Crippen LogP contribution in [0.25, 0.3) is 0 Å². The van der Waals surface area contributed by atoms with E-state index in [0.717, 1.165) is 0 Å². The highest BCUT2D eigenvalue weighted by Crippen LogP contribution is 2.19. The molecule has 1 amide bonds. The molecule has 2 aromatic rings. The molecular weight excluding hydrogens is 364 g/mol. The second kappa shape index (κ2) is 9.01. The van der Waals surface area contributed by atoms with E-state index in [0.29, 0.717) is 30.1 Å². The van der Waals surface area contributed by atoms with E-state index in [2.05, 4.69) is 5.32 Å². The number of ether oxygens (including phenoxy) is 1. The molecule has 0 saturated heterocycles. The molecule has 0 heterocycles. The van der Waals surface area contributed by atoms with Crippen LogP contribution in [-0.4, -0.2) is 37.8 Å². The van der Waals surface area contributed by atoms with Crippen LogP contribution in [0, 0.1) is 0 Å². The van der Waals surface area contributed by atoms with Crippen LogP contribution < -0.4 is 10.1 Å². The van der Waals surface area contributed by atoms with Gasteiger partial charge < -0.3 is 10.1 Å². The summed E-state index contributed by atoms with van der Waals surface area (Å²) in [5.41, 5.74) is 1.02. The first kappa shape index (κ1) is 20.9. The highest BCUT2D eigenvalue weighted by Gasteiger charge is 2.21. The van der Waals surface area contributed by atoms with Gasteiger partial charge in [-0.25, -0.2) is 8.42 Å². The largest absolute Gasteiger partial charge is 0.491 e. The number of carbonyl (C=O) groups is 1. The molecular formula is C20H26N2O4S. The zero-order valence-corrected chi connectivity index (χ0v) is 16.9. The number of nitrogens with zero attached hydrogens (tertiary/aromatic N) is 1. The first-order valence-corrected chi connectivity index (χ1v) is 10.4. The van der Waals surface area contributed by atoms with Gasteiger partial charge in [-0.05, 0) is 62.4 Å². The van der Waals surface area contributed by atoms with E-state index in [1.54, 1.807) is 50.2 Å². The second-order valence-corrected chi connectivity index (χ2v) is 8.20. The van der Waals surface area contributed by atoms with Gasteiger partial charge in [-0.15, -0.1) is 0 Å². The molecule has 27 heavy (non-hydrogen) atoms. The summed E-state index contributed by atoms with van der Waals surface area (Å²) < 4.78 is 31.9. The SMILES string of the molecule is CCN(CC)S(=O)(=O)c1ccc(NC(=O)c2ccc(OC(C)C)cc2)cc1. The lowest BCUT2D eigenvalue weighted by atomic mass is 10.2. The van der Waals surface area contributed by atoms with Crippen LogP contribution in [0.4, 0.5) is 5.69 Å². The second-order valence-electron chi connectivity index (χ2n) is 6.26. The minimum atomic E-state index is -3.51. The first-order valence-electron chi connectivity index (χ1n) is 8.96. The summed E-state index contributed by atoms with van der Waals surface area (Å²) in [6.07, 6.45) is 0.0656. The van der Waals surface area contributed by atoms with Gasteiger partial charge in [-0.1, -0.05) is 13.8 Å². The quantitative estimate of drug-likeness (QED) is 0.745. The minimum Gasteiger partial charge on any atom is -0.491 e. The lowest BCUT2D eigenvalue weighted by molar-refractivity contribution is 0.102. The van der Waals surface area contributed by atoms with Crippen molar-refractivity contribution in [3.8, 4) is 5.75 Å². The molecule has 0 bridgehead atoms. The highest BCUT2D eigenvalue weighted by atomic mass is 32.2. The third-order valence-electron chi connectivity index (χ3n) is 3.94. The molecule has 0 aliphatic carbocycles. The van der Waals surface area contributed by atoms with Crippen LogP contribution in [0.1, 0.15) is 38.1 Å². The Balaban J connectivity index is 2.09. The van der Waals surface area contributed by atoms with Crippen molar-refractivity contribution in [2.75, 3.05) is 18.4 Å². The third-order valence-corrected chi connectivity index (χ3v) is 6.01. The maximum Gasteiger partial charge on any atom is 0.255 e. The van der Waals surface area contributed by atoms with Crippen molar-refractivity contribution in [1.82, 2.24) is 4.31 Å². The molecule has 0 saturated carbocycles. The third kappa shape index (κ3) is 5.30. The Hall–Kier alpha value is -2.38. The summed E-state index contributed by atoms with van der Waals surface area (Å²) in [5, 5.41) is 2.77. The van der Waals surface area contributed by atoms with Crippen molar-refractivity contribution < 1.29 is 17.9 Å². The number of amides is 1. The van der Waals surface area contributed by atoms with Crippen LogP contribution >= 0.6 is 0 Å². The van der Waals surface area contributed by atoms with Crippen molar-refractivity contribution in [3.05, 3.63) is 54.1 Å². The van der Waals surface area contributed by atoms with E-state index in [1.807, 2.05) is 13.8 Å². The minimum absolute atomic E-state index is 0.0656. The maximum absolute atomic E-state index is 12.5.